The van der Waals surface area contributed by atoms with Crippen LogP contribution in [0.2, 0.25) is 0 Å². The van der Waals surface area contributed by atoms with Gasteiger partial charge in [0.1, 0.15) is 16.4 Å². The summed E-state index contributed by atoms with van der Waals surface area (Å²) in [5.74, 6) is -0.584. The fourth-order valence-electron chi connectivity index (χ4n) is 6.18. The molecule has 6 rings (SSSR count). The van der Waals surface area contributed by atoms with Crippen molar-refractivity contribution in [3.05, 3.63) is 63.4 Å². The van der Waals surface area contributed by atoms with Crippen molar-refractivity contribution in [2.45, 2.75) is 26.8 Å². The van der Waals surface area contributed by atoms with Gasteiger partial charge in [0.05, 0.1) is 24.4 Å². The highest BCUT2D eigenvalue weighted by Crippen LogP contribution is 2.31. The Balaban J connectivity index is 1.30. The molecule has 2 aliphatic rings. The number of amides is 2. The van der Waals surface area contributed by atoms with Crippen molar-refractivity contribution in [2.75, 3.05) is 64.3 Å². The van der Waals surface area contributed by atoms with Crippen molar-refractivity contribution in [1.82, 2.24) is 29.7 Å². The number of aromatic carboxylic acids is 1. The molecule has 2 amide bonds. The van der Waals surface area contributed by atoms with Crippen LogP contribution < -0.4 is 16.1 Å². The van der Waals surface area contributed by atoms with E-state index in [1.54, 1.807) is 12.1 Å². The number of benzene rings is 1. The molecular weight excluding hydrogens is 606 g/mol. The number of ether oxygens (including phenoxy) is 1. The molecule has 46 heavy (non-hydrogen) atoms. The molecule has 13 heteroatoms. The van der Waals surface area contributed by atoms with Crippen LogP contribution in [0.15, 0.2) is 46.7 Å². The molecule has 2 saturated heterocycles. The van der Waals surface area contributed by atoms with Crippen LogP contribution in [0.3, 0.4) is 0 Å². The number of anilines is 1. The van der Waals surface area contributed by atoms with Crippen LogP contribution in [-0.2, 0) is 11.3 Å². The Hall–Kier alpha value is -4.17. The lowest BCUT2D eigenvalue weighted by Crippen LogP contribution is -2.41. The van der Waals surface area contributed by atoms with Crippen LogP contribution in [0.4, 0.5) is 10.6 Å². The van der Waals surface area contributed by atoms with E-state index >= 15 is 0 Å². The van der Waals surface area contributed by atoms with Gasteiger partial charge >= 0.3 is 12.0 Å². The molecule has 1 atom stereocenters. The normalized spacial score (nSPS) is 17.4. The summed E-state index contributed by atoms with van der Waals surface area (Å²) in [5.41, 5.74) is 2.69. The summed E-state index contributed by atoms with van der Waals surface area (Å²) in [6.07, 6.45) is 2.49. The molecule has 4 aromatic rings. The number of carboxylic acid groups (broad SMARTS) is 1. The van der Waals surface area contributed by atoms with Crippen LogP contribution in [0.1, 0.15) is 29.4 Å². The topological polar surface area (TPSA) is 142 Å². The third kappa shape index (κ3) is 7.28. The first kappa shape index (κ1) is 31.8. The zero-order valence-corrected chi connectivity index (χ0v) is 26.9. The lowest BCUT2D eigenvalue weighted by molar-refractivity contribution is 0.0342. The number of fused-ring (bicyclic) bond motifs is 1. The molecule has 3 N–H and O–H groups in total. The summed E-state index contributed by atoms with van der Waals surface area (Å²) >= 11 is 1.49. The van der Waals surface area contributed by atoms with Gasteiger partial charge in [-0.05, 0) is 57.0 Å². The van der Waals surface area contributed by atoms with E-state index in [1.165, 1.54) is 17.5 Å². The van der Waals surface area contributed by atoms with Crippen molar-refractivity contribution in [3.8, 4) is 21.8 Å². The Morgan fingerprint density at radius 1 is 1.07 bits per heavy atom. The monoisotopic (exact) mass is 645 g/mol. The van der Waals surface area contributed by atoms with E-state index in [2.05, 4.69) is 30.4 Å². The van der Waals surface area contributed by atoms with Gasteiger partial charge in [-0.3, -0.25) is 15.0 Å². The highest BCUT2D eigenvalue weighted by Gasteiger charge is 2.25. The van der Waals surface area contributed by atoms with Gasteiger partial charge < -0.3 is 24.6 Å². The van der Waals surface area contributed by atoms with E-state index in [0.29, 0.717) is 47.0 Å². The number of aryl methyl sites for hydroxylation is 1. The first-order valence-electron chi connectivity index (χ1n) is 15.7. The molecule has 1 unspecified atom stereocenters. The molecule has 2 fully saturated rings. The standard InChI is InChI=1S/C33H39N7O5S/c1-3-34-33(44)37-29-16-24(31-35-21(2)20-46-31)15-27(36-29)23-4-5-28-25(14-23)30(41)26(32(42)43)19-40(28)18-22-6-7-39(17-22)9-8-38-10-12-45-13-11-38/h4-5,14-16,19-20,22H,3,6-13,17-18H2,1-2H3,(H,42,43)(H2,34,36,37,44). The number of carbonyl (C=O) groups is 2. The van der Waals surface area contributed by atoms with Crippen molar-refractivity contribution in [1.29, 1.82) is 0 Å². The van der Waals surface area contributed by atoms with Crippen LogP contribution >= 0.6 is 11.3 Å². The molecule has 0 bridgehead atoms. The molecule has 0 spiro atoms. The minimum Gasteiger partial charge on any atom is -0.477 e. The first-order valence-corrected chi connectivity index (χ1v) is 16.6. The Labute approximate surface area is 271 Å². The highest BCUT2D eigenvalue weighted by atomic mass is 32.1. The lowest BCUT2D eigenvalue weighted by Gasteiger charge is -2.28. The number of morpholine rings is 1. The second kappa shape index (κ2) is 14.1. The minimum atomic E-state index is -1.25. The van der Waals surface area contributed by atoms with Crippen molar-refractivity contribution in [3.63, 3.8) is 0 Å². The van der Waals surface area contributed by atoms with Gasteiger partial charge in [0.2, 0.25) is 5.43 Å². The number of hydrogen-bond acceptors (Lipinski definition) is 9. The molecule has 0 saturated carbocycles. The van der Waals surface area contributed by atoms with E-state index < -0.39 is 11.4 Å². The SMILES string of the molecule is CCNC(=O)Nc1cc(-c2nc(C)cs2)cc(-c2ccc3c(c2)c(=O)c(C(=O)O)cn3CC2CCN(CCN3CCOCC3)C2)n1. The third-order valence-electron chi connectivity index (χ3n) is 8.54. The summed E-state index contributed by atoms with van der Waals surface area (Å²) in [6, 6.07) is 8.70. The van der Waals surface area contributed by atoms with Crippen LogP contribution in [0.25, 0.3) is 32.7 Å². The second-order valence-corrected chi connectivity index (χ2v) is 12.7. The molecule has 5 heterocycles. The van der Waals surface area contributed by atoms with E-state index in [9.17, 15) is 19.5 Å². The number of pyridine rings is 2. The number of urea groups is 1. The quantitative estimate of drug-likeness (QED) is 0.233. The Bertz CT molecular complexity index is 1800. The summed E-state index contributed by atoms with van der Waals surface area (Å²) in [7, 11) is 0. The maximum Gasteiger partial charge on any atom is 0.341 e. The van der Waals surface area contributed by atoms with Gasteiger partial charge in [-0.1, -0.05) is 6.07 Å². The summed E-state index contributed by atoms with van der Waals surface area (Å²) in [5, 5.41) is 18.5. The number of aromatic nitrogens is 3. The zero-order valence-electron chi connectivity index (χ0n) is 26.1. The Morgan fingerprint density at radius 2 is 1.87 bits per heavy atom. The molecule has 0 radical (unpaired) electrons. The maximum atomic E-state index is 13.5. The zero-order chi connectivity index (χ0) is 32.2. The number of thiazole rings is 1. The van der Waals surface area contributed by atoms with E-state index in [1.807, 2.05) is 42.0 Å². The molecule has 2 aliphatic heterocycles. The lowest BCUT2D eigenvalue weighted by atomic mass is 10.0. The van der Waals surface area contributed by atoms with Crippen LogP contribution in [0.5, 0.6) is 0 Å². The third-order valence-corrected chi connectivity index (χ3v) is 9.55. The van der Waals surface area contributed by atoms with Crippen molar-refractivity contribution < 1.29 is 19.4 Å². The number of carbonyl (C=O) groups excluding carboxylic acids is 1. The molecule has 0 aliphatic carbocycles. The second-order valence-electron chi connectivity index (χ2n) is 11.9. The fourth-order valence-corrected chi connectivity index (χ4v) is 6.97. The van der Waals surface area contributed by atoms with E-state index in [4.69, 9.17) is 4.74 Å². The predicted molar refractivity (Wildman–Crippen MR) is 179 cm³/mol. The smallest absolute Gasteiger partial charge is 0.341 e. The maximum absolute atomic E-state index is 13.5. The number of rotatable bonds is 10. The number of likely N-dealkylation sites (tertiary alicyclic amines) is 1. The van der Waals surface area contributed by atoms with Crippen LogP contribution in [-0.4, -0.2) is 100 Å². The molecule has 12 nitrogen and oxygen atoms in total. The average molecular weight is 646 g/mol. The summed E-state index contributed by atoms with van der Waals surface area (Å²) in [6.45, 7) is 12.3. The van der Waals surface area contributed by atoms with Gasteiger partial charge in [0, 0.05) is 79.6 Å². The highest BCUT2D eigenvalue weighted by molar-refractivity contribution is 7.13. The molecular formula is C33H39N7O5S. The van der Waals surface area contributed by atoms with E-state index in [0.717, 1.165) is 75.2 Å². The number of carboxylic acids is 1. The van der Waals surface area contributed by atoms with Gasteiger partial charge in [0.25, 0.3) is 0 Å². The van der Waals surface area contributed by atoms with Crippen molar-refractivity contribution >= 4 is 40.1 Å². The fraction of sp³-hybridized carbons (Fsp3) is 0.424. The van der Waals surface area contributed by atoms with Gasteiger partial charge in [-0.2, -0.15) is 0 Å². The predicted octanol–water partition coefficient (Wildman–Crippen LogP) is 3.99. The summed E-state index contributed by atoms with van der Waals surface area (Å²) < 4.78 is 7.38. The number of hydrogen-bond donors (Lipinski definition) is 3. The van der Waals surface area contributed by atoms with Gasteiger partial charge in [0.15, 0.2) is 0 Å². The number of nitrogens with zero attached hydrogens (tertiary/aromatic N) is 5. The number of nitrogens with one attached hydrogen (secondary N) is 2. The largest absolute Gasteiger partial charge is 0.477 e. The molecule has 242 valence electrons. The minimum absolute atomic E-state index is 0.259. The summed E-state index contributed by atoms with van der Waals surface area (Å²) in [4.78, 5) is 52.2. The molecule has 1 aromatic carbocycles. The molecule has 3 aromatic heterocycles. The van der Waals surface area contributed by atoms with Gasteiger partial charge in [-0.15, -0.1) is 11.3 Å². The Morgan fingerprint density at radius 3 is 2.61 bits per heavy atom. The van der Waals surface area contributed by atoms with E-state index in [-0.39, 0.29) is 11.6 Å². The first-order chi connectivity index (χ1) is 22.3. The average Bonchev–Trinajstić information content (AvgIpc) is 3.70. The Kier molecular flexibility index (Phi) is 9.73. The van der Waals surface area contributed by atoms with Gasteiger partial charge in [-0.25, -0.2) is 19.6 Å². The van der Waals surface area contributed by atoms with Crippen molar-refractivity contribution in [2.24, 2.45) is 5.92 Å². The van der Waals surface area contributed by atoms with Crippen LogP contribution in [0, 0.1) is 12.8 Å².